The van der Waals surface area contributed by atoms with Crippen LogP contribution in [0, 0.1) is 5.92 Å². The lowest BCUT2D eigenvalue weighted by Gasteiger charge is -2.19. The molecule has 2 aliphatic rings. The van der Waals surface area contributed by atoms with Crippen LogP contribution in [-0.2, 0) is 16.2 Å². The third-order valence-corrected chi connectivity index (χ3v) is 9.45. The van der Waals surface area contributed by atoms with Crippen molar-refractivity contribution >= 4 is 43.0 Å². The molecule has 6 nitrogen and oxygen atoms in total. The van der Waals surface area contributed by atoms with E-state index >= 15 is 0 Å². The van der Waals surface area contributed by atoms with Gasteiger partial charge in [-0.15, -0.1) is 11.3 Å². The molecule has 1 aromatic carbocycles. The maximum absolute atomic E-state index is 13.5. The van der Waals surface area contributed by atoms with Crippen LogP contribution in [-0.4, -0.2) is 44.7 Å². The Bertz CT molecular complexity index is 1100. The number of nitrogens with zero attached hydrogens (tertiary/aromatic N) is 1. The van der Waals surface area contributed by atoms with Crippen molar-refractivity contribution in [3.05, 3.63) is 39.2 Å². The lowest BCUT2D eigenvalue weighted by Crippen LogP contribution is -2.23. The molecule has 4 rings (SSSR count). The van der Waals surface area contributed by atoms with E-state index in [-0.39, 0.29) is 15.8 Å². The summed E-state index contributed by atoms with van der Waals surface area (Å²) in [7, 11) is -2.22. The third kappa shape index (κ3) is 5.24. The van der Waals surface area contributed by atoms with Crippen LogP contribution in [0.1, 0.15) is 35.8 Å². The summed E-state index contributed by atoms with van der Waals surface area (Å²) in [5.74, 6) is -0.284. The van der Waals surface area contributed by atoms with Crippen LogP contribution in [0.2, 0.25) is 0 Å². The summed E-state index contributed by atoms with van der Waals surface area (Å²) < 4.78 is 74.6. The molecular formula is C20H22BrF3N2O4S2. The number of nitrogens with one attached hydrogen (secondary N) is 1. The highest BCUT2D eigenvalue weighted by molar-refractivity contribution is 9.10. The molecule has 0 bridgehead atoms. The van der Waals surface area contributed by atoms with Crippen LogP contribution in [0.15, 0.2) is 32.9 Å². The fraction of sp³-hybridized carbons (Fsp3) is 0.500. The lowest BCUT2D eigenvalue weighted by atomic mass is 10.1. The molecule has 1 unspecified atom stereocenters. The summed E-state index contributed by atoms with van der Waals surface area (Å²) in [4.78, 5) is 2.47. The van der Waals surface area contributed by atoms with Crippen LogP contribution < -0.4 is 9.46 Å². The number of alkyl halides is 3. The second kappa shape index (κ2) is 8.79. The Morgan fingerprint density at radius 1 is 1.28 bits per heavy atom. The molecular weight excluding hydrogens is 533 g/mol. The summed E-state index contributed by atoms with van der Waals surface area (Å²) in [5, 5.41) is 10.3. The molecule has 2 aromatic rings. The predicted molar refractivity (Wildman–Crippen MR) is 118 cm³/mol. The van der Waals surface area contributed by atoms with Gasteiger partial charge in [0.05, 0.1) is 17.4 Å². The summed E-state index contributed by atoms with van der Waals surface area (Å²) in [6.07, 6.45) is -3.43. The zero-order valence-electron chi connectivity index (χ0n) is 17.0. The molecule has 176 valence electrons. The monoisotopic (exact) mass is 554 g/mol. The first-order chi connectivity index (χ1) is 14.9. The molecule has 32 heavy (non-hydrogen) atoms. The van der Waals surface area contributed by atoms with Gasteiger partial charge in [0.15, 0.2) is 0 Å². The van der Waals surface area contributed by atoms with Crippen LogP contribution in [0.3, 0.4) is 0 Å². The Morgan fingerprint density at radius 3 is 2.59 bits per heavy atom. The van der Waals surface area contributed by atoms with E-state index in [1.807, 2.05) is 11.9 Å². The van der Waals surface area contributed by atoms with E-state index in [0.717, 1.165) is 42.4 Å². The standard InChI is InChI=1S/C20H22BrF3N2O4S2/c1-26-7-6-13(10-26)30-16-8-12(4-5-14(16)20(22,23)24)25-32(28,29)17-9-15(21)19(31-17)18(27)11-2-3-11/h4-5,8-9,11,13,18,25,27H,2-3,6-7,10H2,1H3/t13-,18?/m1/s1. The second-order valence-corrected chi connectivity index (χ2v) is 12.0. The normalized spacial score (nSPS) is 21.0. The minimum atomic E-state index is -4.64. The first-order valence-corrected chi connectivity index (χ1v) is 13.1. The van der Waals surface area contributed by atoms with Crippen LogP contribution in [0.5, 0.6) is 5.75 Å². The highest BCUT2D eigenvalue weighted by Crippen LogP contribution is 2.46. The van der Waals surface area contributed by atoms with Gasteiger partial charge in [0.25, 0.3) is 10.0 Å². The number of aliphatic hydroxyl groups excluding tert-OH is 1. The largest absolute Gasteiger partial charge is 0.488 e. The first kappa shape index (κ1) is 23.8. The molecule has 1 saturated heterocycles. The summed E-state index contributed by atoms with van der Waals surface area (Å²) >= 11 is 4.23. The number of ether oxygens (including phenoxy) is 1. The number of halogens is 4. The number of likely N-dealkylation sites (N-methyl/N-ethyl adjacent to an activating group) is 1. The molecule has 2 fully saturated rings. The molecule has 2 heterocycles. The molecule has 1 aliphatic heterocycles. The third-order valence-electron chi connectivity index (χ3n) is 5.47. The van der Waals surface area contributed by atoms with Gasteiger partial charge in [-0.3, -0.25) is 4.72 Å². The topological polar surface area (TPSA) is 78.9 Å². The molecule has 2 atom stereocenters. The maximum atomic E-state index is 13.5. The van der Waals surface area contributed by atoms with E-state index in [0.29, 0.717) is 28.9 Å². The Morgan fingerprint density at radius 2 is 2.00 bits per heavy atom. The molecule has 1 aliphatic carbocycles. The molecule has 2 N–H and O–H groups in total. The van der Waals surface area contributed by atoms with Gasteiger partial charge in [-0.25, -0.2) is 8.42 Å². The van der Waals surface area contributed by atoms with Crippen LogP contribution in [0.25, 0.3) is 0 Å². The zero-order chi connectivity index (χ0) is 23.3. The Balaban J connectivity index is 1.59. The molecule has 0 amide bonds. The van der Waals surface area contributed by atoms with Crippen molar-refractivity contribution in [2.24, 2.45) is 5.92 Å². The minimum absolute atomic E-state index is 0.0341. The molecule has 1 aromatic heterocycles. The summed E-state index contributed by atoms with van der Waals surface area (Å²) in [5.41, 5.74) is -0.989. The van der Waals surface area contributed by atoms with E-state index in [4.69, 9.17) is 4.74 Å². The number of benzene rings is 1. The van der Waals surface area contributed by atoms with Crippen molar-refractivity contribution in [2.45, 2.75) is 41.9 Å². The highest BCUT2D eigenvalue weighted by atomic mass is 79.9. The number of rotatable bonds is 7. The van der Waals surface area contributed by atoms with Crippen molar-refractivity contribution < 1.29 is 31.4 Å². The van der Waals surface area contributed by atoms with E-state index in [2.05, 4.69) is 20.7 Å². The van der Waals surface area contributed by atoms with Crippen molar-refractivity contribution in [2.75, 3.05) is 24.9 Å². The van der Waals surface area contributed by atoms with Gasteiger partial charge in [-0.05, 0) is 66.4 Å². The molecule has 1 saturated carbocycles. The van der Waals surface area contributed by atoms with Crippen molar-refractivity contribution in [1.82, 2.24) is 4.90 Å². The van der Waals surface area contributed by atoms with Gasteiger partial charge in [-0.2, -0.15) is 13.2 Å². The number of anilines is 1. The number of likely N-dealkylation sites (tertiary alicyclic amines) is 1. The van der Waals surface area contributed by atoms with Gasteiger partial charge in [-0.1, -0.05) is 0 Å². The zero-order valence-corrected chi connectivity index (χ0v) is 20.2. The lowest BCUT2D eigenvalue weighted by molar-refractivity contribution is -0.139. The quantitative estimate of drug-likeness (QED) is 0.511. The SMILES string of the molecule is CN1CC[C@@H](Oc2cc(NS(=O)(=O)c3cc(Br)c(C(O)C4CC4)s3)ccc2C(F)(F)F)C1. The van der Waals surface area contributed by atoms with Gasteiger partial charge in [0.1, 0.15) is 16.1 Å². The highest BCUT2D eigenvalue weighted by Gasteiger charge is 2.37. The van der Waals surface area contributed by atoms with Gasteiger partial charge in [0, 0.05) is 28.5 Å². The Labute approximate surface area is 196 Å². The van der Waals surface area contributed by atoms with Crippen molar-refractivity contribution in [3.8, 4) is 5.75 Å². The van der Waals surface area contributed by atoms with E-state index in [1.165, 1.54) is 6.07 Å². The number of sulfonamides is 1. The second-order valence-electron chi connectivity index (χ2n) is 8.16. The fourth-order valence-corrected chi connectivity index (χ4v) is 7.13. The number of hydrogen-bond donors (Lipinski definition) is 2. The molecule has 0 radical (unpaired) electrons. The maximum Gasteiger partial charge on any atom is 0.419 e. The van der Waals surface area contributed by atoms with Crippen molar-refractivity contribution in [3.63, 3.8) is 0 Å². The smallest absolute Gasteiger partial charge is 0.419 e. The van der Waals surface area contributed by atoms with Gasteiger partial charge in [0.2, 0.25) is 0 Å². The van der Waals surface area contributed by atoms with E-state index in [9.17, 15) is 26.7 Å². The average molecular weight is 555 g/mol. The summed E-state index contributed by atoms with van der Waals surface area (Å²) in [6, 6.07) is 4.35. The summed E-state index contributed by atoms with van der Waals surface area (Å²) in [6.45, 7) is 1.20. The fourth-order valence-electron chi connectivity index (χ4n) is 3.61. The Hall–Kier alpha value is -1.34. The predicted octanol–water partition coefficient (Wildman–Crippen LogP) is 4.86. The Kier molecular flexibility index (Phi) is 6.54. The average Bonchev–Trinajstić information content (AvgIpc) is 3.34. The molecule has 0 spiro atoms. The first-order valence-electron chi connectivity index (χ1n) is 10.0. The van der Waals surface area contributed by atoms with Gasteiger partial charge < -0.3 is 14.7 Å². The van der Waals surface area contributed by atoms with E-state index in [1.54, 1.807) is 0 Å². The molecule has 12 heteroatoms. The van der Waals surface area contributed by atoms with E-state index < -0.39 is 39.7 Å². The van der Waals surface area contributed by atoms with Crippen molar-refractivity contribution in [1.29, 1.82) is 0 Å². The number of aliphatic hydroxyl groups is 1. The van der Waals surface area contributed by atoms with Gasteiger partial charge >= 0.3 is 6.18 Å². The number of hydrogen-bond acceptors (Lipinski definition) is 6. The van der Waals surface area contributed by atoms with Crippen LogP contribution in [0.4, 0.5) is 18.9 Å². The van der Waals surface area contributed by atoms with Crippen LogP contribution >= 0.6 is 27.3 Å². The number of thiophene rings is 1. The minimum Gasteiger partial charge on any atom is -0.488 e.